The Morgan fingerprint density at radius 2 is 1.74 bits per heavy atom. The van der Waals surface area contributed by atoms with Gasteiger partial charge in [-0.05, 0) is 36.1 Å². The van der Waals surface area contributed by atoms with Crippen LogP contribution in [0.5, 0.6) is 11.5 Å². The van der Waals surface area contributed by atoms with Crippen molar-refractivity contribution in [1.82, 2.24) is 5.32 Å². The Bertz CT molecular complexity index is 996. The van der Waals surface area contributed by atoms with Crippen LogP contribution < -0.4 is 14.2 Å². The van der Waals surface area contributed by atoms with Crippen molar-refractivity contribution >= 4 is 24.3 Å². The summed E-state index contributed by atoms with van der Waals surface area (Å²) in [5.41, 5.74) is 0.614. The first-order valence-electron chi connectivity index (χ1n) is 12.1. The topological polar surface area (TPSA) is 165 Å². The first-order chi connectivity index (χ1) is 17.8. The fourth-order valence-electron chi connectivity index (χ4n) is 3.87. The molecule has 214 valence electrons. The predicted octanol–water partition coefficient (Wildman–Crippen LogP) is 2.23. The minimum absolute atomic E-state index is 0.0306. The molecule has 1 aliphatic heterocycles. The van der Waals surface area contributed by atoms with Crippen LogP contribution in [0.4, 0.5) is 0 Å². The van der Waals surface area contributed by atoms with Gasteiger partial charge in [0.2, 0.25) is 5.91 Å². The Labute approximate surface area is 226 Å². The summed E-state index contributed by atoms with van der Waals surface area (Å²) in [6.45, 7) is 12.4. The number of hydrogen-bond donors (Lipinski definition) is 5. The van der Waals surface area contributed by atoms with Crippen molar-refractivity contribution < 1.29 is 53.1 Å². The highest BCUT2D eigenvalue weighted by Crippen LogP contribution is 2.40. The van der Waals surface area contributed by atoms with Gasteiger partial charge in [-0.15, -0.1) is 0 Å². The Morgan fingerprint density at radius 3 is 2.37 bits per heavy atom. The molecule has 3 rings (SSSR count). The molecule has 13 heteroatoms. The van der Waals surface area contributed by atoms with Crippen LogP contribution in [0, 0.1) is 10.8 Å². The first-order valence-corrected chi connectivity index (χ1v) is 12.8. The molecule has 1 saturated heterocycles. The van der Waals surface area contributed by atoms with Gasteiger partial charge in [0.05, 0.1) is 12.6 Å². The van der Waals surface area contributed by atoms with Crippen LogP contribution in [0.2, 0.25) is 0 Å². The highest BCUT2D eigenvalue weighted by molar-refractivity contribution is 7.90. The van der Waals surface area contributed by atoms with Crippen molar-refractivity contribution in [3.8, 4) is 11.5 Å². The largest absolute Gasteiger partial charge is 0.489 e. The average molecular weight is 560 g/mol. The fourth-order valence-corrected chi connectivity index (χ4v) is 4.13. The summed E-state index contributed by atoms with van der Waals surface area (Å²) in [6, 6.07) is 3.83. The lowest BCUT2D eigenvalue weighted by atomic mass is 9.70. The van der Waals surface area contributed by atoms with Gasteiger partial charge in [-0.1, -0.05) is 50.1 Å². The van der Waals surface area contributed by atoms with Gasteiger partial charge in [-0.25, -0.2) is 5.26 Å². The van der Waals surface area contributed by atoms with Crippen molar-refractivity contribution in [2.45, 2.75) is 78.1 Å². The van der Waals surface area contributed by atoms with E-state index in [1.807, 2.05) is 0 Å². The molecule has 0 aromatic heterocycles. The lowest BCUT2D eigenvalue weighted by Gasteiger charge is -2.41. The lowest BCUT2D eigenvalue weighted by Crippen LogP contribution is -2.67. The molecule has 38 heavy (non-hydrogen) atoms. The van der Waals surface area contributed by atoms with Gasteiger partial charge in [0.15, 0.2) is 11.5 Å². The predicted molar refractivity (Wildman–Crippen MR) is 136 cm³/mol. The number of amides is 1. The quantitative estimate of drug-likeness (QED) is 0.0934. The molecule has 1 aliphatic carbocycles. The molecule has 1 aromatic rings. The van der Waals surface area contributed by atoms with E-state index in [0.717, 1.165) is 0 Å². The normalized spacial score (nSPS) is 28.1. The van der Waals surface area contributed by atoms with Crippen LogP contribution in [0.15, 0.2) is 23.8 Å². The molecule has 5 N–H and O–H groups in total. The van der Waals surface area contributed by atoms with Crippen LogP contribution in [0.25, 0.3) is 6.08 Å². The monoisotopic (exact) mass is 559 g/mol. The maximum absolute atomic E-state index is 12.9. The summed E-state index contributed by atoms with van der Waals surface area (Å²) in [4.78, 5) is 12.9. The highest BCUT2D eigenvalue weighted by atomic mass is 32.2. The number of aliphatic hydroxyl groups is 3. The number of fused-ring (bicyclic) bond motifs is 1. The standard InChI is InChI=1S/C25H37NO11S/c1-13(23(30)26-17-18(27)20(29)22-21(19(17)28)33-12-34-22)9-14-7-8-15(16(10-14)35-38-37-36-31)32-11-25(5,6)24(2,3)4/h7-10,17-22,27-29,31H,11-12H2,1-6H3,(H,26,30)/b13-9+/t17-,18+,19-,20-,21+,22-/m1/s1. The number of aliphatic hydroxyl groups excluding tert-OH is 3. The minimum Gasteiger partial charge on any atom is -0.489 e. The van der Waals surface area contributed by atoms with Gasteiger partial charge >= 0.3 is 0 Å². The van der Waals surface area contributed by atoms with E-state index < -0.39 is 42.5 Å². The second-order valence-corrected chi connectivity index (χ2v) is 11.5. The molecule has 1 aromatic carbocycles. The van der Waals surface area contributed by atoms with Crippen LogP contribution >= 0.6 is 12.3 Å². The summed E-state index contributed by atoms with van der Waals surface area (Å²) >= 11 is 0.371. The summed E-state index contributed by atoms with van der Waals surface area (Å²) in [5, 5.41) is 45.9. The second kappa shape index (κ2) is 12.5. The number of ether oxygens (including phenoxy) is 3. The third-order valence-corrected chi connectivity index (χ3v) is 7.78. The van der Waals surface area contributed by atoms with E-state index in [2.05, 4.69) is 49.3 Å². The van der Waals surface area contributed by atoms with E-state index in [0.29, 0.717) is 30.2 Å². The number of carbonyl (C=O) groups excluding carboxylic acids is 1. The van der Waals surface area contributed by atoms with Gasteiger partial charge in [-0.3, -0.25) is 4.79 Å². The van der Waals surface area contributed by atoms with Crippen LogP contribution in [0.3, 0.4) is 0 Å². The Kier molecular flexibility index (Phi) is 10.1. The third kappa shape index (κ3) is 6.97. The van der Waals surface area contributed by atoms with E-state index in [1.165, 1.54) is 0 Å². The number of hydrogen-bond acceptors (Lipinski definition) is 12. The van der Waals surface area contributed by atoms with Gasteiger partial charge in [0, 0.05) is 11.0 Å². The van der Waals surface area contributed by atoms with Crippen LogP contribution in [-0.4, -0.2) is 76.4 Å². The Balaban J connectivity index is 1.75. The zero-order valence-corrected chi connectivity index (χ0v) is 23.1. The molecule has 2 aliphatic rings. The molecule has 1 amide bonds. The van der Waals surface area contributed by atoms with E-state index in [9.17, 15) is 20.1 Å². The van der Waals surface area contributed by atoms with Crippen LogP contribution in [0.1, 0.15) is 47.1 Å². The first kappa shape index (κ1) is 30.6. The van der Waals surface area contributed by atoms with Crippen LogP contribution in [-0.2, 0) is 23.6 Å². The van der Waals surface area contributed by atoms with Gasteiger partial charge in [0.1, 0.15) is 37.3 Å². The van der Waals surface area contributed by atoms with Gasteiger partial charge in [0.25, 0.3) is 12.3 Å². The van der Waals surface area contributed by atoms with Crippen molar-refractivity contribution in [3.05, 3.63) is 29.3 Å². The summed E-state index contributed by atoms with van der Waals surface area (Å²) in [5.74, 6) is 0.0922. The van der Waals surface area contributed by atoms with Crippen molar-refractivity contribution in [2.75, 3.05) is 13.4 Å². The summed E-state index contributed by atoms with van der Waals surface area (Å²) < 4.78 is 26.3. The molecule has 0 bridgehead atoms. The lowest BCUT2D eigenvalue weighted by molar-refractivity contribution is -0.433. The average Bonchev–Trinajstić information content (AvgIpc) is 3.34. The van der Waals surface area contributed by atoms with Crippen molar-refractivity contribution in [3.63, 3.8) is 0 Å². The molecule has 1 heterocycles. The maximum atomic E-state index is 12.9. The van der Waals surface area contributed by atoms with Crippen molar-refractivity contribution in [2.24, 2.45) is 10.8 Å². The zero-order valence-electron chi connectivity index (χ0n) is 22.2. The highest BCUT2D eigenvalue weighted by Gasteiger charge is 2.53. The molecular formula is C25H37NO11S. The summed E-state index contributed by atoms with van der Waals surface area (Å²) in [7, 11) is 0. The molecule has 0 unspecified atom stereocenters. The number of carbonyl (C=O) groups is 1. The SMILES string of the molecule is C/C(=C\c1ccc(OCC(C)(C)C(C)(C)C)c(OSOOO)c1)C(=O)N[C@@H]1[C@H](O)[C@@H](O)[C@H]2OCO[C@H]2[C@@H]1O. The molecule has 12 nitrogen and oxygen atoms in total. The second-order valence-electron chi connectivity index (χ2n) is 11.1. The molecule has 0 spiro atoms. The Morgan fingerprint density at radius 1 is 1.08 bits per heavy atom. The van der Waals surface area contributed by atoms with E-state index >= 15 is 0 Å². The molecule has 6 atom stereocenters. The maximum Gasteiger partial charge on any atom is 0.261 e. The minimum atomic E-state index is -1.45. The van der Waals surface area contributed by atoms with E-state index in [-0.39, 0.29) is 28.9 Å². The van der Waals surface area contributed by atoms with E-state index in [4.69, 9.17) is 23.7 Å². The smallest absolute Gasteiger partial charge is 0.261 e. The van der Waals surface area contributed by atoms with Gasteiger partial charge in [-0.2, -0.15) is 0 Å². The number of nitrogens with one attached hydrogen (secondary N) is 1. The fraction of sp³-hybridized carbons (Fsp3) is 0.640. The third-order valence-electron chi connectivity index (χ3n) is 7.41. The zero-order chi connectivity index (χ0) is 28.3. The van der Waals surface area contributed by atoms with Crippen molar-refractivity contribution in [1.29, 1.82) is 0 Å². The van der Waals surface area contributed by atoms with E-state index in [1.54, 1.807) is 31.2 Å². The molecule has 0 radical (unpaired) electrons. The number of benzene rings is 1. The number of rotatable bonds is 10. The Hall–Kier alpha value is -1.94. The molecule has 2 fully saturated rings. The summed E-state index contributed by atoms with van der Waals surface area (Å²) in [6.07, 6.45) is -4.26. The molecular weight excluding hydrogens is 522 g/mol. The molecule has 1 saturated carbocycles. The van der Waals surface area contributed by atoms with Gasteiger partial charge < -0.3 is 39.0 Å².